The van der Waals surface area contributed by atoms with Gasteiger partial charge in [-0.05, 0) is 78.8 Å². The number of hydrogen-bond donors (Lipinski definition) is 0. The van der Waals surface area contributed by atoms with Crippen molar-refractivity contribution in [2.24, 2.45) is 0 Å². The van der Waals surface area contributed by atoms with E-state index in [0.29, 0.717) is 0 Å². The molecule has 11 rings (SSSR count). The molecular weight excluding hydrogens is 635 g/mol. The predicted molar refractivity (Wildman–Crippen MR) is 212 cm³/mol. The number of aromatic nitrogens is 1. The Bertz CT molecular complexity index is 2710. The van der Waals surface area contributed by atoms with E-state index >= 15 is 0 Å². The third-order valence-corrected chi connectivity index (χ3v) is 11.5. The molecule has 2 aliphatic heterocycles. The minimum absolute atomic E-state index is 0.675. The standard InChI is InChI=1S/C49H35NO2/c1-3-14-32(15-4-1)33-26-28-41-47(31-33)52-46-29-27-34(30-42(46)49(41)39-21-8-11-24-44(39)51-45-25-12-9-22-40(45)49)36-19-13-20-38-37-18-7-10-23-43(37)50(48(36)38)35-16-5-2-6-17-35/h1,3-4,7-16,18-31H,2,5-6,17H2. The van der Waals surface area contributed by atoms with E-state index in [2.05, 4.69) is 168 Å². The Labute approximate surface area is 303 Å². The van der Waals surface area contributed by atoms with Gasteiger partial charge in [-0.25, -0.2) is 0 Å². The summed E-state index contributed by atoms with van der Waals surface area (Å²) in [5, 5.41) is 2.57. The molecule has 1 aromatic heterocycles. The number of nitrogens with zero attached hydrogens (tertiary/aromatic N) is 1. The van der Waals surface area contributed by atoms with Crippen LogP contribution in [0.3, 0.4) is 0 Å². The molecular formula is C49H35NO2. The molecule has 1 spiro atoms. The van der Waals surface area contributed by atoms with Crippen molar-refractivity contribution in [3.05, 3.63) is 186 Å². The van der Waals surface area contributed by atoms with Crippen molar-refractivity contribution in [2.45, 2.75) is 31.1 Å². The van der Waals surface area contributed by atoms with Crippen molar-refractivity contribution < 1.29 is 9.47 Å². The summed E-state index contributed by atoms with van der Waals surface area (Å²) in [5.41, 5.74) is 12.4. The van der Waals surface area contributed by atoms with Crippen LogP contribution < -0.4 is 9.47 Å². The van der Waals surface area contributed by atoms with Gasteiger partial charge in [-0.1, -0.05) is 127 Å². The topological polar surface area (TPSA) is 23.4 Å². The maximum atomic E-state index is 6.99. The molecule has 7 aromatic carbocycles. The first-order valence-electron chi connectivity index (χ1n) is 18.4. The summed E-state index contributed by atoms with van der Waals surface area (Å²) in [5.74, 6) is 3.45. The van der Waals surface area contributed by atoms with E-state index in [1.807, 2.05) is 0 Å². The second kappa shape index (κ2) is 11.3. The van der Waals surface area contributed by atoms with E-state index < -0.39 is 5.41 Å². The van der Waals surface area contributed by atoms with E-state index in [9.17, 15) is 0 Å². The zero-order chi connectivity index (χ0) is 34.2. The lowest BCUT2D eigenvalue weighted by molar-refractivity contribution is 0.399. The van der Waals surface area contributed by atoms with Gasteiger partial charge in [-0.15, -0.1) is 0 Å². The molecule has 3 heterocycles. The van der Waals surface area contributed by atoms with E-state index in [-0.39, 0.29) is 0 Å². The number of para-hydroxylation sites is 4. The van der Waals surface area contributed by atoms with Crippen molar-refractivity contribution in [3.8, 4) is 45.3 Å². The van der Waals surface area contributed by atoms with Gasteiger partial charge in [0.15, 0.2) is 0 Å². The number of benzene rings is 7. The second-order valence-corrected chi connectivity index (χ2v) is 14.2. The van der Waals surface area contributed by atoms with Gasteiger partial charge in [-0.3, -0.25) is 0 Å². The van der Waals surface area contributed by atoms with Crippen molar-refractivity contribution in [3.63, 3.8) is 0 Å². The van der Waals surface area contributed by atoms with Gasteiger partial charge in [0.2, 0.25) is 0 Å². The Morgan fingerprint density at radius 1 is 0.462 bits per heavy atom. The summed E-state index contributed by atoms with van der Waals surface area (Å²) in [6.45, 7) is 0. The Morgan fingerprint density at radius 3 is 1.94 bits per heavy atom. The molecule has 0 unspecified atom stereocenters. The molecule has 0 fully saturated rings. The van der Waals surface area contributed by atoms with Gasteiger partial charge in [0.25, 0.3) is 0 Å². The number of fused-ring (bicyclic) bond motifs is 11. The molecule has 0 radical (unpaired) electrons. The second-order valence-electron chi connectivity index (χ2n) is 14.2. The Kier molecular flexibility index (Phi) is 6.42. The maximum absolute atomic E-state index is 6.99. The van der Waals surface area contributed by atoms with Crippen LogP contribution >= 0.6 is 0 Å². The highest BCUT2D eigenvalue weighted by Crippen LogP contribution is 2.62. The largest absolute Gasteiger partial charge is 0.457 e. The smallest absolute Gasteiger partial charge is 0.132 e. The van der Waals surface area contributed by atoms with Gasteiger partial charge >= 0.3 is 0 Å². The van der Waals surface area contributed by atoms with Crippen LogP contribution in [0.15, 0.2) is 164 Å². The average molecular weight is 670 g/mol. The van der Waals surface area contributed by atoms with E-state index in [0.717, 1.165) is 69.2 Å². The Hall–Kier alpha value is -6.32. The van der Waals surface area contributed by atoms with Crippen LogP contribution in [0.4, 0.5) is 0 Å². The highest BCUT2D eigenvalue weighted by atomic mass is 16.5. The molecule has 3 aliphatic rings. The third-order valence-electron chi connectivity index (χ3n) is 11.5. The minimum atomic E-state index is -0.675. The summed E-state index contributed by atoms with van der Waals surface area (Å²) in [7, 11) is 0. The summed E-state index contributed by atoms with van der Waals surface area (Å²) < 4.78 is 16.2. The highest BCUT2D eigenvalue weighted by molar-refractivity contribution is 6.14. The maximum Gasteiger partial charge on any atom is 0.132 e. The molecule has 248 valence electrons. The number of ether oxygens (including phenoxy) is 2. The van der Waals surface area contributed by atoms with Crippen molar-refractivity contribution in [2.75, 3.05) is 0 Å². The van der Waals surface area contributed by atoms with Gasteiger partial charge < -0.3 is 14.0 Å². The molecule has 0 saturated carbocycles. The first-order valence-corrected chi connectivity index (χ1v) is 18.4. The number of allylic oxidation sites excluding steroid dienone is 2. The molecule has 8 aromatic rings. The lowest BCUT2D eigenvalue weighted by atomic mass is 9.62. The van der Waals surface area contributed by atoms with E-state index in [1.54, 1.807) is 0 Å². The lowest BCUT2D eigenvalue weighted by Crippen LogP contribution is -2.36. The lowest BCUT2D eigenvalue weighted by Gasteiger charge is -2.45. The van der Waals surface area contributed by atoms with Crippen molar-refractivity contribution >= 4 is 27.5 Å². The monoisotopic (exact) mass is 669 g/mol. The van der Waals surface area contributed by atoms with Gasteiger partial charge in [-0.2, -0.15) is 0 Å². The molecule has 0 atom stereocenters. The molecule has 3 nitrogen and oxygen atoms in total. The van der Waals surface area contributed by atoms with Crippen LogP contribution in [-0.2, 0) is 5.41 Å². The summed E-state index contributed by atoms with van der Waals surface area (Å²) in [6.07, 6.45) is 7.13. The predicted octanol–water partition coefficient (Wildman–Crippen LogP) is 13.1. The zero-order valence-corrected chi connectivity index (χ0v) is 28.7. The molecule has 1 aliphatic carbocycles. The fourth-order valence-corrected chi connectivity index (χ4v) is 9.22. The van der Waals surface area contributed by atoms with Crippen LogP contribution in [-0.4, -0.2) is 4.57 Å². The van der Waals surface area contributed by atoms with E-state index in [4.69, 9.17) is 9.47 Å². The van der Waals surface area contributed by atoms with Crippen LogP contribution in [0.5, 0.6) is 23.0 Å². The minimum Gasteiger partial charge on any atom is -0.457 e. The van der Waals surface area contributed by atoms with Crippen molar-refractivity contribution in [1.29, 1.82) is 0 Å². The summed E-state index contributed by atoms with van der Waals surface area (Å²) in [4.78, 5) is 0. The number of hydrogen-bond acceptors (Lipinski definition) is 2. The normalized spacial score (nSPS) is 15.2. The molecule has 0 saturated heterocycles. The van der Waals surface area contributed by atoms with Gasteiger partial charge in [0.1, 0.15) is 23.0 Å². The zero-order valence-electron chi connectivity index (χ0n) is 28.7. The molecule has 0 amide bonds. The Balaban J connectivity index is 1.22. The fourth-order valence-electron chi connectivity index (χ4n) is 9.22. The fraction of sp³-hybridized carbons (Fsp3) is 0.102. The van der Waals surface area contributed by atoms with Crippen LogP contribution in [0.2, 0.25) is 0 Å². The molecule has 3 heteroatoms. The van der Waals surface area contributed by atoms with E-state index in [1.165, 1.54) is 51.5 Å². The number of rotatable bonds is 3. The quantitative estimate of drug-likeness (QED) is 0.187. The average Bonchev–Trinajstić information content (AvgIpc) is 3.56. The van der Waals surface area contributed by atoms with Crippen molar-refractivity contribution in [1.82, 2.24) is 4.57 Å². The van der Waals surface area contributed by atoms with Crippen LogP contribution in [0.1, 0.15) is 47.9 Å². The molecule has 0 N–H and O–H groups in total. The first kappa shape index (κ1) is 29.4. The molecule has 52 heavy (non-hydrogen) atoms. The highest BCUT2D eigenvalue weighted by Gasteiger charge is 2.50. The third kappa shape index (κ3) is 4.14. The SMILES string of the molecule is C1=C(n2c3ccccc3c3cccc(-c4ccc5c(c4)C4(c6ccccc6Oc6ccccc64)c4ccc(-c6ccccc6)cc4O5)c32)CCCC1. The van der Waals surface area contributed by atoms with Gasteiger partial charge in [0.05, 0.1) is 16.4 Å². The first-order chi connectivity index (χ1) is 25.8. The summed E-state index contributed by atoms with van der Waals surface area (Å²) >= 11 is 0. The Morgan fingerprint density at radius 2 is 1.13 bits per heavy atom. The van der Waals surface area contributed by atoms with Crippen LogP contribution in [0.25, 0.3) is 49.8 Å². The van der Waals surface area contributed by atoms with Gasteiger partial charge in [0, 0.05) is 44.3 Å². The summed E-state index contributed by atoms with van der Waals surface area (Å²) in [6, 6.07) is 56.8. The van der Waals surface area contributed by atoms with Crippen LogP contribution in [0, 0.1) is 0 Å². The molecule has 0 bridgehead atoms.